The molecule has 14 nitrogen and oxygen atoms in total. The van der Waals surface area contributed by atoms with Crippen molar-refractivity contribution in [3.63, 3.8) is 0 Å². The molecule has 0 aliphatic carbocycles. The molecule has 234 valence electrons. The molecule has 4 amide bonds. The highest BCUT2D eigenvalue weighted by Crippen LogP contribution is 2.12. The summed E-state index contributed by atoms with van der Waals surface area (Å²) in [6, 6.07) is -0.148. The summed E-state index contributed by atoms with van der Waals surface area (Å²) < 4.78 is 0. The van der Waals surface area contributed by atoms with Crippen molar-refractivity contribution in [2.24, 2.45) is 17.6 Å². The van der Waals surface area contributed by atoms with Crippen molar-refractivity contribution >= 4 is 35.6 Å². The maximum absolute atomic E-state index is 13.1. The van der Waals surface area contributed by atoms with Crippen molar-refractivity contribution < 1.29 is 44.1 Å². The molecule has 5 atom stereocenters. The molecule has 42 heavy (non-hydrogen) atoms. The minimum absolute atomic E-state index is 0.00710. The number of nitrogens with two attached hydrogens (primary N) is 1. The summed E-state index contributed by atoms with van der Waals surface area (Å²) in [7, 11) is 0. The van der Waals surface area contributed by atoms with Gasteiger partial charge in [-0.15, -0.1) is 0 Å². The molecule has 0 bridgehead atoms. The van der Waals surface area contributed by atoms with Gasteiger partial charge >= 0.3 is 11.9 Å². The fraction of sp³-hybridized carbons (Fsp3) is 0.571. The first kappa shape index (κ1) is 35.8. The third kappa shape index (κ3) is 12.5. The second-order valence-corrected chi connectivity index (χ2v) is 11.0. The quantitative estimate of drug-likeness (QED) is 0.119. The van der Waals surface area contributed by atoms with Crippen molar-refractivity contribution in [2.45, 2.75) is 90.5 Å². The van der Waals surface area contributed by atoms with Crippen molar-refractivity contribution in [1.29, 1.82) is 0 Å². The third-order valence-corrected chi connectivity index (χ3v) is 6.33. The van der Waals surface area contributed by atoms with E-state index in [1.54, 1.807) is 13.8 Å². The Labute approximate surface area is 244 Å². The number of hydrogen-bond donors (Lipinski definition) is 8. The van der Waals surface area contributed by atoms with Gasteiger partial charge in [0.1, 0.15) is 29.9 Å². The van der Waals surface area contributed by atoms with Gasteiger partial charge in [-0.2, -0.15) is 0 Å². The van der Waals surface area contributed by atoms with E-state index in [0.717, 1.165) is 0 Å². The van der Waals surface area contributed by atoms with E-state index in [4.69, 9.17) is 10.8 Å². The van der Waals surface area contributed by atoms with Gasteiger partial charge in [-0.05, 0) is 49.3 Å². The van der Waals surface area contributed by atoms with Gasteiger partial charge in [0.2, 0.25) is 23.6 Å². The van der Waals surface area contributed by atoms with Gasteiger partial charge in [-0.3, -0.25) is 24.0 Å². The Morgan fingerprint density at radius 3 is 1.83 bits per heavy atom. The monoisotopic (exact) mass is 593 g/mol. The van der Waals surface area contributed by atoms with Crippen LogP contribution in [0.25, 0.3) is 0 Å². The van der Waals surface area contributed by atoms with Gasteiger partial charge in [0.25, 0.3) is 0 Å². The van der Waals surface area contributed by atoms with E-state index < -0.39 is 78.1 Å². The number of phenols is 1. The summed E-state index contributed by atoms with van der Waals surface area (Å²) in [4.78, 5) is 74.4. The molecule has 0 unspecified atom stereocenters. The number of benzene rings is 1. The number of phenolic OH excluding ortho intramolecular Hbond substituents is 1. The van der Waals surface area contributed by atoms with E-state index in [1.807, 2.05) is 13.8 Å². The number of carbonyl (C=O) groups is 6. The van der Waals surface area contributed by atoms with E-state index >= 15 is 0 Å². The predicted octanol–water partition coefficient (Wildman–Crippen LogP) is -0.127. The second-order valence-electron chi connectivity index (χ2n) is 11.0. The van der Waals surface area contributed by atoms with E-state index in [0.29, 0.717) is 12.0 Å². The Kier molecular flexibility index (Phi) is 14.4. The van der Waals surface area contributed by atoms with Gasteiger partial charge in [-0.25, -0.2) is 4.79 Å². The van der Waals surface area contributed by atoms with Crippen molar-refractivity contribution in [3.8, 4) is 5.75 Å². The number of aromatic hydroxyl groups is 1. The highest BCUT2D eigenvalue weighted by Gasteiger charge is 2.32. The minimum atomic E-state index is -1.38. The molecule has 9 N–H and O–H groups in total. The molecular formula is C28H43N5O9. The zero-order valence-corrected chi connectivity index (χ0v) is 24.5. The molecule has 0 saturated carbocycles. The van der Waals surface area contributed by atoms with Crippen LogP contribution >= 0.6 is 0 Å². The maximum Gasteiger partial charge on any atom is 0.326 e. The van der Waals surface area contributed by atoms with Crippen LogP contribution in [-0.4, -0.2) is 81.1 Å². The zero-order chi connectivity index (χ0) is 32.1. The summed E-state index contributed by atoms with van der Waals surface area (Å²) in [6.07, 6.45) is -0.502. The topological polar surface area (TPSA) is 237 Å². The lowest BCUT2D eigenvalue weighted by Gasteiger charge is -2.27. The van der Waals surface area contributed by atoms with E-state index in [1.165, 1.54) is 31.2 Å². The maximum atomic E-state index is 13.1. The Morgan fingerprint density at radius 2 is 1.33 bits per heavy atom. The molecule has 0 saturated heterocycles. The fourth-order valence-electron chi connectivity index (χ4n) is 3.95. The Balaban J connectivity index is 2.95. The smallest absolute Gasteiger partial charge is 0.326 e. The van der Waals surface area contributed by atoms with Crippen LogP contribution in [0.15, 0.2) is 24.3 Å². The average Bonchev–Trinajstić information content (AvgIpc) is 2.88. The SMILES string of the molecule is CC(C)C[C@H](N)C(=O)N[C@H](C(=O)N[C@@H](CCC(=O)O)C(=O)N[C@@H](C)C(=O)N[C@@H](Cc1ccc(O)cc1)C(=O)O)C(C)C. The zero-order valence-electron chi connectivity index (χ0n) is 24.5. The van der Waals surface area contributed by atoms with Gasteiger partial charge in [0.05, 0.1) is 6.04 Å². The molecule has 14 heteroatoms. The van der Waals surface area contributed by atoms with Gasteiger partial charge in [0.15, 0.2) is 0 Å². The van der Waals surface area contributed by atoms with E-state index in [9.17, 15) is 39.0 Å². The van der Waals surface area contributed by atoms with Crippen molar-refractivity contribution in [3.05, 3.63) is 29.8 Å². The molecule has 0 aliphatic heterocycles. The largest absolute Gasteiger partial charge is 0.508 e. The fourth-order valence-corrected chi connectivity index (χ4v) is 3.95. The van der Waals surface area contributed by atoms with Crippen LogP contribution < -0.4 is 27.0 Å². The lowest BCUT2D eigenvalue weighted by molar-refractivity contribution is -0.142. The number of aliphatic carboxylic acids is 2. The van der Waals surface area contributed by atoms with E-state index in [2.05, 4.69) is 21.3 Å². The summed E-state index contributed by atoms with van der Waals surface area (Å²) in [5.41, 5.74) is 6.46. The molecule has 0 aliphatic rings. The predicted molar refractivity (Wildman–Crippen MR) is 152 cm³/mol. The molecule has 0 heterocycles. The molecule has 0 spiro atoms. The van der Waals surface area contributed by atoms with Crippen LogP contribution in [-0.2, 0) is 35.2 Å². The Hall–Kier alpha value is -4.20. The Morgan fingerprint density at radius 1 is 0.762 bits per heavy atom. The molecule has 0 fully saturated rings. The van der Waals surface area contributed by atoms with Crippen LogP contribution in [0.1, 0.15) is 59.4 Å². The van der Waals surface area contributed by atoms with Crippen LogP contribution in [0.2, 0.25) is 0 Å². The summed E-state index contributed by atoms with van der Waals surface area (Å²) >= 11 is 0. The van der Waals surface area contributed by atoms with E-state index in [-0.39, 0.29) is 24.5 Å². The first-order chi connectivity index (χ1) is 19.5. The van der Waals surface area contributed by atoms with Gasteiger partial charge in [0, 0.05) is 12.8 Å². The third-order valence-electron chi connectivity index (χ3n) is 6.33. The lowest BCUT2D eigenvalue weighted by Crippen LogP contribution is -2.59. The highest BCUT2D eigenvalue weighted by molar-refractivity contribution is 5.95. The first-order valence-corrected chi connectivity index (χ1v) is 13.7. The van der Waals surface area contributed by atoms with Crippen LogP contribution in [0.3, 0.4) is 0 Å². The summed E-state index contributed by atoms with van der Waals surface area (Å²) in [6.45, 7) is 8.44. The van der Waals surface area contributed by atoms with Crippen LogP contribution in [0, 0.1) is 11.8 Å². The average molecular weight is 594 g/mol. The van der Waals surface area contributed by atoms with Crippen LogP contribution in [0.4, 0.5) is 0 Å². The number of carboxylic acid groups (broad SMARTS) is 2. The minimum Gasteiger partial charge on any atom is -0.508 e. The molecule has 0 aromatic heterocycles. The van der Waals surface area contributed by atoms with Gasteiger partial charge < -0.3 is 42.3 Å². The number of hydrogen-bond acceptors (Lipinski definition) is 8. The number of amides is 4. The second kappa shape index (κ2) is 16.9. The van der Waals surface area contributed by atoms with Crippen LogP contribution in [0.5, 0.6) is 5.75 Å². The summed E-state index contributed by atoms with van der Waals surface area (Å²) in [5, 5.41) is 37.9. The number of carboxylic acids is 2. The van der Waals surface area contributed by atoms with Crippen molar-refractivity contribution in [2.75, 3.05) is 0 Å². The number of rotatable bonds is 17. The molecular weight excluding hydrogens is 550 g/mol. The lowest BCUT2D eigenvalue weighted by atomic mass is 9.99. The normalized spacial score (nSPS) is 14.7. The Bertz CT molecular complexity index is 1110. The van der Waals surface area contributed by atoms with Gasteiger partial charge in [-0.1, -0.05) is 39.8 Å². The molecule has 1 aromatic rings. The highest BCUT2D eigenvalue weighted by atomic mass is 16.4. The number of nitrogens with one attached hydrogen (secondary N) is 4. The molecule has 1 rings (SSSR count). The van der Waals surface area contributed by atoms with Crippen molar-refractivity contribution in [1.82, 2.24) is 21.3 Å². The summed E-state index contributed by atoms with van der Waals surface area (Å²) in [5.74, 6) is -5.81. The first-order valence-electron chi connectivity index (χ1n) is 13.7. The standard InChI is InChI=1S/C28H43N5O9/c1-14(2)12-19(29)25(38)33-23(15(3)4)27(40)31-20(10-11-22(35)36)26(39)30-16(5)24(37)32-21(28(41)42)13-17-6-8-18(34)9-7-17/h6-9,14-16,19-21,23,34H,10-13,29H2,1-5H3,(H,30,39)(H,31,40)(H,32,37)(H,33,38)(H,35,36)(H,41,42)/t16-,19-,20-,21-,23-/m0/s1. The molecule has 1 aromatic carbocycles. The molecule has 0 radical (unpaired) electrons. The number of carbonyl (C=O) groups excluding carboxylic acids is 4.